The van der Waals surface area contributed by atoms with E-state index in [0.29, 0.717) is 11.0 Å². The van der Waals surface area contributed by atoms with Crippen molar-refractivity contribution < 1.29 is 8.78 Å². The molecule has 1 heterocycles. The minimum absolute atomic E-state index is 0.146. The predicted molar refractivity (Wildman–Crippen MR) is 61.6 cm³/mol. The van der Waals surface area contributed by atoms with Crippen LogP contribution in [0.15, 0.2) is 22.8 Å². The number of hydrogen-bond acceptors (Lipinski definition) is 2. The van der Waals surface area contributed by atoms with Gasteiger partial charge in [0.15, 0.2) is 5.82 Å². The Kier molecular flexibility index (Phi) is 3.34. The fourth-order valence-electron chi connectivity index (χ4n) is 1.17. The van der Waals surface area contributed by atoms with Gasteiger partial charge in [0, 0.05) is 11.4 Å². The van der Waals surface area contributed by atoms with Crippen LogP contribution in [0.25, 0.3) is 5.69 Å². The molecule has 0 amide bonds. The summed E-state index contributed by atoms with van der Waals surface area (Å²) in [5.74, 6) is -1.34. The lowest BCUT2D eigenvalue weighted by molar-refractivity contribution is 0.568. The Morgan fingerprint density at radius 2 is 2.00 bits per heavy atom. The lowest BCUT2D eigenvalue weighted by atomic mass is 10.3. The third kappa shape index (κ3) is 2.15. The summed E-state index contributed by atoms with van der Waals surface area (Å²) in [5.41, 5.74) is 0.813. The van der Waals surface area contributed by atoms with E-state index in [1.54, 1.807) is 6.20 Å². The molecule has 0 saturated heterocycles. The molecule has 7 heteroatoms. The minimum Gasteiger partial charge on any atom is -0.217 e. The van der Waals surface area contributed by atoms with E-state index >= 15 is 0 Å². The molecule has 3 nitrogen and oxygen atoms in total. The van der Waals surface area contributed by atoms with Gasteiger partial charge in [-0.2, -0.15) is 0 Å². The van der Waals surface area contributed by atoms with Crippen molar-refractivity contribution in [3.63, 3.8) is 0 Å². The highest BCUT2D eigenvalue weighted by Gasteiger charge is 2.11. The van der Waals surface area contributed by atoms with E-state index in [1.165, 1.54) is 10.7 Å². The van der Waals surface area contributed by atoms with Crippen LogP contribution in [0.3, 0.4) is 0 Å². The molecule has 2 aromatic rings. The van der Waals surface area contributed by atoms with Crippen LogP contribution in [-0.4, -0.2) is 15.0 Å². The fraction of sp³-hybridized carbons (Fsp3) is 0.111. The van der Waals surface area contributed by atoms with Crippen LogP contribution in [0.2, 0.25) is 0 Å². The summed E-state index contributed by atoms with van der Waals surface area (Å²) >= 11 is 6.20. The van der Waals surface area contributed by atoms with Gasteiger partial charge in [-0.25, -0.2) is 13.5 Å². The summed E-state index contributed by atoms with van der Waals surface area (Å²) in [7, 11) is 0. The first-order valence-corrected chi connectivity index (χ1v) is 6.15. The maximum Gasteiger partial charge on any atom is 0.151 e. The lowest BCUT2D eigenvalue weighted by Gasteiger charge is -2.03. The number of halogens is 4. The van der Waals surface area contributed by atoms with Gasteiger partial charge in [-0.3, -0.25) is 0 Å². The van der Waals surface area contributed by atoms with Gasteiger partial charge in [0.1, 0.15) is 11.5 Å². The highest BCUT2D eigenvalue weighted by molar-refractivity contribution is 9.10. The number of nitrogens with zero attached hydrogens (tertiary/aromatic N) is 3. The zero-order chi connectivity index (χ0) is 11.7. The molecule has 1 aromatic heterocycles. The summed E-state index contributed by atoms with van der Waals surface area (Å²) < 4.78 is 27.9. The van der Waals surface area contributed by atoms with Gasteiger partial charge in [0.25, 0.3) is 0 Å². The van der Waals surface area contributed by atoms with E-state index in [4.69, 9.17) is 0 Å². The number of alkyl halides is 1. The molecule has 0 spiro atoms. The van der Waals surface area contributed by atoms with E-state index in [0.717, 1.165) is 6.07 Å². The molecule has 0 aliphatic rings. The maximum absolute atomic E-state index is 13.5. The molecule has 0 unspecified atom stereocenters. The van der Waals surface area contributed by atoms with Crippen molar-refractivity contribution in [3.8, 4) is 5.69 Å². The van der Waals surface area contributed by atoms with Gasteiger partial charge in [-0.1, -0.05) is 21.1 Å². The molecule has 1 aromatic carbocycles. The third-order valence-electron chi connectivity index (χ3n) is 1.91. The van der Waals surface area contributed by atoms with Gasteiger partial charge in [0.2, 0.25) is 0 Å². The second kappa shape index (κ2) is 4.58. The molecule has 0 bridgehead atoms. The summed E-state index contributed by atoms with van der Waals surface area (Å²) in [6.45, 7) is 0. The summed E-state index contributed by atoms with van der Waals surface area (Å²) in [4.78, 5) is 0. The number of hydrogen-bond donors (Lipinski definition) is 0. The lowest BCUT2D eigenvalue weighted by Crippen LogP contribution is -1.99. The fourth-order valence-corrected chi connectivity index (χ4v) is 1.75. The largest absolute Gasteiger partial charge is 0.217 e. The first kappa shape index (κ1) is 11.7. The van der Waals surface area contributed by atoms with Crippen LogP contribution in [0.5, 0.6) is 0 Å². The van der Waals surface area contributed by atoms with Crippen molar-refractivity contribution in [1.29, 1.82) is 0 Å². The number of aromatic nitrogens is 3. The molecule has 0 atom stereocenters. The van der Waals surface area contributed by atoms with Crippen molar-refractivity contribution in [2.24, 2.45) is 0 Å². The van der Waals surface area contributed by atoms with Crippen molar-refractivity contribution in [3.05, 3.63) is 40.1 Å². The highest BCUT2D eigenvalue weighted by atomic mass is 79.9. The Morgan fingerprint density at radius 1 is 1.25 bits per heavy atom. The second-order valence-electron chi connectivity index (χ2n) is 3.01. The Bertz CT molecular complexity index is 527. The van der Waals surface area contributed by atoms with E-state index in [1.807, 2.05) is 0 Å². The Morgan fingerprint density at radius 3 is 2.62 bits per heavy atom. The number of rotatable bonds is 2. The molecule has 0 aliphatic carbocycles. The molecule has 0 N–H and O–H groups in total. The van der Waals surface area contributed by atoms with Crippen LogP contribution in [-0.2, 0) is 5.33 Å². The van der Waals surface area contributed by atoms with Gasteiger partial charge in [-0.05, 0) is 22.0 Å². The van der Waals surface area contributed by atoms with Gasteiger partial charge in [0.05, 0.1) is 16.4 Å². The smallest absolute Gasteiger partial charge is 0.151 e. The average Bonchev–Trinajstić information content (AvgIpc) is 2.71. The van der Waals surface area contributed by atoms with Gasteiger partial charge >= 0.3 is 0 Å². The standard InChI is InChI=1S/C9H5Br2F2N3/c10-3-5-4-16(15-14-5)9-1-6(11)7(12)2-8(9)13/h1-2,4H,3H2. The Balaban J connectivity index is 2.51. The molecular weight excluding hydrogens is 348 g/mol. The minimum atomic E-state index is -0.688. The zero-order valence-corrected chi connectivity index (χ0v) is 11.0. The van der Waals surface area contributed by atoms with Crippen molar-refractivity contribution in [1.82, 2.24) is 15.0 Å². The van der Waals surface area contributed by atoms with Crippen molar-refractivity contribution >= 4 is 31.9 Å². The van der Waals surface area contributed by atoms with Gasteiger partial charge < -0.3 is 0 Å². The quantitative estimate of drug-likeness (QED) is 0.613. The van der Waals surface area contributed by atoms with E-state index in [9.17, 15) is 8.78 Å². The molecule has 16 heavy (non-hydrogen) atoms. The first-order valence-electron chi connectivity index (χ1n) is 4.24. The van der Waals surface area contributed by atoms with E-state index in [-0.39, 0.29) is 10.2 Å². The molecule has 0 aliphatic heterocycles. The summed E-state index contributed by atoms with van der Waals surface area (Å²) in [6.07, 6.45) is 1.57. The number of benzene rings is 1. The van der Waals surface area contributed by atoms with Gasteiger partial charge in [-0.15, -0.1) is 5.10 Å². The Hall–Kier alpha value is -0.820. The Labute approximate surface area is 107 Å². The third-order valence-corrected chi connectivity index (χ3v) is 3.10. The van der Waals surface area contributed by atoms with E-state index < -0.39 is 11.6 Å². The average molecular weight is 353 g/mol. The summed E-state index contributed by atoms with van der Waals surface area (Å²) in [6, 6.07) is 2.12. The molecule has 84 valence electrons. The molecule has 0 fully saturated rings. The SMILES string of the molecule is Fc1cc(F)c(-n2cc(CBr)nn2)cc1Br. The van der Waals surface area contributed by atoms with Crippen molar-refractivity contribution in [2.75, 3.05) is 0 Å². The topological polar surface area (TPSA) is 30.7 Å². The monoisotopic (exact) mass is 351 g/mol. The molecule has 0 saturated carbocycles. The molecule has 0 radical (unpaired) electrons. The van der Waals surface area contributed by atoms with Crippen molar-refractivity contribution in [2.45, 2.75) is 5.33 Å². The first-order chi connectivity index (χ1) is 7.61. The van der Waals surface area contributed by atoms with Crippen LogP contribution in [0.1, 0.15) is 5.69 Å². The molecular formula is C9H5Br2F2N3. The normalized spacial score (nSPS) is 10.8. The van der Waals surface area contributed by atoms with Crippen LogP contribution in [0, 0.1) is 11.6 Å². The van der Waals surface area contributed by atoms with Crippen LogP contribution in [0.4, 0.5) is 8.78 Å². The predicted octanol–water partition coefficient (Wildman–Crippen LogP) is 3.20. The van der Waals surface area contributed by atoms with Crippen LogP contribution >= 0.6 is 31.9 Å². The van der Waals surface area contributed by atoms with E-state index in [2.05, 4.69) is 42.2 Å². The highest BCUT2D eigenvalue weighted by Crippen LogP contribution is 2.22. The van der Waals surface area contributed by atoms with Crippen LogP contribution < -0.4 is 0 Å². The second-order valence-corrected chi connectivity index (χ2v) is 4.42. The summed E-state index contributed by atoms with van der Waals surface area (Å²) in [5, 5.41) is 8.06. The maximum atomic E-state index is 13.5. The molecule has 2 rings (SSSR count). The zero-order valence-electron chi connectivity index (χ0n) is 7.79.